The summed E-state index contributed by atoms with van der Waals surface area (Å²) in [6.45, 7) is 3.82. The molecule has 1 aromatic heterocycles. The number of nitrogens with one attached hydrogen (secondary N) is 2. The number of hydrogen-bond acceptors (Lipinski definition) is 5. The fourth-order valence-electron chi connectivity index (χ4n) is 6.06. The summed E-state index contributed by atoms with van der Waals surface area (Å²) in [5, 5.41) is 16.1. The molecule has 0 radical (unpaired) electrons. The zero-order valence-corrected chi connectivity index (χ0v) is 22.0. The highest BCUT2D eigenvalue weighted by atomic mass is 19.2. The second-order valence-electron chi connectivity index (χ2n) is 11.4. The number of fused-ring (bicyclic) bond motifs is 2. The van der Waals surface area contributed by atoms with E-state index in [0.717, 1.165) is 11.6 Å². The van der Waals surface area contributed by atoms with Gasteiger partial charge in [-0.2, -0.15) is 0 Å². The first-order valence-electron chi connectivity index (χ1n) is 13.3. The van der Waals surface area contributed by atoms with Gasteiger partial charge in [0.1, 0.15) is 11.9 Å². The number of halogens is 2. The van der Waals surface area contributed by atoms with Gasteiger partial charge in [-0.1, -0.05) is 18.2 Å². The number of pyridine rings is 1. The van der Waals surface area contributed by atoms with Crippen molar-refractivity contribution in [2.75, 3.05) is 31.5 Å². The van der Waals surface area contributed by atoms with Gasteiger partial charge >= 0.3 is 6.03 Å². The number of carbonyl (C=O) groups excluding carboxylic acids is 3. The van der Waals surface area contributed by atoms with Crippen molar-refractivity contribution < 1.29 is 28.3 Å². The fraction of sp³-hybridized carbons (Fsp3) is 0.500. The molecule has 3 aliphatic rings. The van der Waals surface area contributed by atoms with Gasteiger partial charge in [-0.05, 0) is 57.2 Å². The largest absolute Gasteiger partial charge is 0.389 e. The van der Waals surface area contributed by atoms with Crippen LogP contribution in [-0.2, 0) is 15.0 Å². The number of carbonyl (C=O) groups is 3. The molecule has 0 unspecified atom stereocenters. The number of aliphatic hydroxyl groups is 1. The molecule has 0 saturated carbocycles. The second kappa shape index (κ2) is 10.2. The first-order valence-corrected chi connectivity index (χ1v) is 13.3. The van der Waals surface area contributed by atoms with Crippen LogP contribution in [0.15, 0.2) is 36.5 Å². The van der Waals surface area contributed by atoms with Gasteiger partial charge in [-0.3, -0.25) is 9.59 Å². The normalized spacial score (nSPS) is 22.9. The number of rotatable bonds is 4. The van der Waals surface area contributed by atoms with E-state index in [1.54, 1.807) is 31.0 Å². The van der Waals surface area contributed by atoms with Crippen LogP contribution in [0.2, 0.25) is 0 Å². The van der Waals surface area contributed by atoms with Gasteiger partial charge in [0.05, 0.1) is 11.0 Å². The maximum atomic E-state index is 14.6. The van der Waals surface area contributed by atoms with Crippen molar-refractivity contribution in [2.24, 2.45) is 0 Å². The first-order chi connectivity index (χ1) is 18.5. The van der Waals surface area contributed by atoms with Crippen molar-refractivity contribution in [1.82, 2.24) is 20.1 Å². The highest BCUT2D eigenvalue weighted by Gasteiger charge is 2.49. The summed E-state index contributed by atoms with van der Waals surface area (Å²) in [6.07, 6.45) is 3.04. The molecule has 2 saturated heterocycles. The first kappa shape index (κ1) is 27.0. The molecule has 39 heavy (non-hydrogen) atoms. The zero-order chi connectivity index (χ0) is 27.9. The maximum absolute atomic E-state index is 14.6. The quantitative estimate of drug-likeness (QED) is 0.551. The number of β-amino-alcohol motifs (C(OH)–C–C–N with tert-alkyl or cyclic N) is 1. The molecule has 1 spiro atoms. The molecule has 4 heterocycles. The Bertz CT molecular complexity index is 1290. The minimum Gasteiger partial charge on any atom is -0.389 e. The highest BCUT2D eigenvalue weighted by Crippen LogP contribution is 2.43. The fourth-order valence-corrected chi connectivity index (χ4v) is 6.06. The third kappa shape index (κ3) is 5.19. The van der Waals surface area contributed by atoms with Gasteiger partial charge in [0, 0.05) is 43.9 Å². The number of aromatic nitrogens is 1. The van der Waals surface area contributed by atoms with Crippen LogP contribution in [-0.4, -0.2) is 75.6 Å². The molecular weight excluding hydrogens is 508 g/mol. The van der Waals surface area contributed by atoms with Gasteiger partial charge in [0.25, 0.3) is 0 Å². The van der Waals surface area contributed by atoms with Crippen LogP contribution in [0.1, 0.15) is 56.6 Å². The highest BCUT2D eigenvalue weighted by molar-refractivity contribution is 6.05. The van der Waals surface area contributed by atoms with Crippen LogP contribution < -0.4 is 10.6 Å². The van der Waals surface area contributed by atoms with Crippen molar-refractivity contribution in [2.45, 2.75) is 62.5 Å². The van der Waals surface area contributed by atoms with E-state index in [9.17, 15) is 28.3 Å². The van der Waals surface area contributed by atoms with Crippen LogP contribution in [0.3, 0.4) is 0 Å². The van der Waals surface area contributed by atoms with Crippen LogP contribution in [0.4, 0.5) is 19.4 Å². The van der Waals surface area contributed by atoms with Gasteiger partial charge in [-0.15, -0.1) is 0 Å². The van der Waals surface area contributed by atoms with E-state index in [4.69, 9.17) is 0 Å². The number of piperidine rings is 1. The standard InChI is InChI=1S/C28H33F2N5O4/c1-27(2,39)16-35-15-17(18-5-3-7-20(29)22(18)30)8-9-21(24(35)36)32-26(38)34-13-10-28(11-14-34)19-6-4-12-31-23(19)33-25(28)37/h3-7,12,17,21,39H,8-11,13-16H2,1-2H3,(H,32,38)(H,31,33,37)/t17-,21-/m1/s1. The lowest BCUT2D eigenvalue weighted by Gasteiger charge is -2.38. The summed E-state index contributed by atoms with van der Waals surface area (Å²) in [7, 11) is 0. The lowest BCUT2D eigenvalue weighted by atomic mass is 9.74. The Kier molecular flexibility index (Phi) is 7.04. The minimum atomic E-state index is -1.23. The van der Waals surface area contributed by atoms with Gasteiger partial charge in [0.15, 0.2) is 11.6 Å². The monoisotopic (exact) mass is 541 g/mol. The molecule has 2 aromatic rings. The molecule has 4 amide bonds. The van der Waals surface area contributed by atoms with Crippen LogP contribution in [0.5, 0.6) is 0 Å². The number of nitrogens with zero attached hydrogens (tertiary/aromatic N) is 3. The molecule has 9 nitrogen and oxygen atoms in total. The smallest absolute Gasteiger partial charge is 0.318 e. The lowest BCUT2D eigenvalue weighted by Crippen LogP contribution is -2.56. The Morgan fingerprint density at radius 1 is 1.18 bits per heavy atom. The predicted octanol–water partition coefficient (Wildman–Crippen LogP) is 2.90. The number of urea groups is 1. The molecule has 1 aromatic carbocycles. The van der Waals surface area contributed by atoms with Crippen molar-refractivity contribution in [1.29, 1.82) is 0 Å². The lowest BCUT2D eigenvalue weighted by molar-refractivity contribution is -0.135. The molecule has 2 fully saturated rings. The van der Waals surface area contributed by atoms with E-state index in [1.807, 2.05) is 6.07 Å². The molecule has 0 bridgehead atoms. The predicted molar refractivity (Wildman–Crippen MR) is 139 cm³/mol. The molecule has 3 N–H and O–H groups in total. The summed E-state index contributed by atoms with van der Waals surface area (Å²) in [5.74, 6) is -2.35. The second-order valence-corrected chi connectivity index (χ2v) is 11.4. The Balaban J connectivity index is 1.29. The van der Waals surface area contributed by atoms with E-state index in [1.165, 1.54) is 17.0 Å². The summed E-state index contributed by atoms with van der Waals surface area (Å²) >= 11 is 0. The van der Waals surface area contributed by atoms with E-state index < -0.39 is 40.6 Å². The third-order valence-corrected chi connectivity index (χ3v) is 8.05. The molecule has 3 aliphatic heterocycles. The molecule has 208 valence electrons. The number of anilines is 1. The van der Waals surface area contributed by atoms with Crippen molar-refractivity contribution >= 4 is 23.7 Å². The zero-order valence-electron chi connectivity index (χ0n) is 22.0. The van der Waals surface area contributed by atoms with Crippen molar-refractivity contribution in [3.8, 4) is 0 Å². The van der Waals surface area contributed by atoms with E-state index in [0.29, 0.717) is 38.2 Å². The van der Waals surface area contributed by atoms with Crippen LogP contribution in [0, 0.1) is 11.6 Å². The summed E-state index contributed by atoms with van der Waals surface area (Å²) in [6, 6.07) is 6.34. The Morgan fingerprint density at radius 3 is 2.64 bits per heavy atom. The summed E-state index contributed by atoms with van der Waals surface area (Å²) in [4.78, 5) is 46.9. The van der Waals surface area contributed by atoms with E-state index in [2.05, 4.69) is 15.6 Å². The number of hydrogen-bond donors (Lipinski definition) is 3. The Hall–Kier alpha value is -3.60. The Morgan fingerprint density at radius 2 is 1.92 bits per heavy atom. The van der Waals surface area contributed by atoms with Gasteiger partial charge < -0.3 is 25.5 Å². The maximum Gasteiger partial charge on any atom is 0.318 e. The van der Waals surface area contributed by atoms with Crippen molar-refractivity contribution in [3.05, 3.63) is 59.3 Å². The van der Waals surface area contributed by atoms with E-state index in [-0.39, 0.29) is 36.9 Å². The molecule has 2 atom stereocenters. The Labute approximate surface area is 225 Å². The number of amides is 4. The summed E-state index contributed by atoms with van der Waals surface area (Å²) < 4.78 is 28.6. The molecule has 5 rings (SSSR count). The SMILES string of the molecule is CC(C)(O)CN1C[C@H](c2cccc(F)c2F)CC[C@@H](NC(=O)N2CCC3(CC2)C(=O)Nc2ncccc23)C1=O. The average Bonchev–Trinajstić information content (AvgIpc) is 3.07. The molecular formula is C28H33F2N5O4. The summed E-state index contributed by atoms with van der Waals surface area (Å²) in [5.41, 5.74) is -0.953. The van der Waals surface area contributed by atoms with Crippen LogP contribution >= 0.6 is 0 Å². The number of benzene rings is 1. The third-order valence-electron chi connectivity index (χ3n) is 8.05. The minimum absolute atomic E-state index is 0.0274. The van der Waals surface area contributed by atoms with Gasteiger partial charge in [0.2, 0.25) is 11.8 Å². The average molecular weight is 542 g/mol. The van der Waals surface area contributed by atoms with Crippen LogP contribution in [0.25, 0.3) is 0 Å². The molecule has 11 heteroatoms. The van der Waals surface area contributed by atoms with E-state index >= 15 is 0 Å². The van der Waals surface area contributed by atoms with Gasteiger partial charge in [-0.25, -0.2) is 18.6 Å². The van der Waals surface area contributed by atoms with Crippen molar-refractivity contribution in [3.63, 3.8) is 0 Å². The molecule has 0 aliphatic carbocycles. The topological polar surface area (TPSA) is 115 Å². The number of likely N-dealkylation sites (tertiary alicyclic amines) is 2.